The van der Waals surface area contributed by atoms with Gasteiger partial charge in [-0.1, -0.05) is 34.1 Å². The molecule has 0 heterocycles. The van der Waals surface area contributed by atoms with Gasteiger partial charge in [0.1, 0.15) is 48.3 Å². The number of thiol groups is 1. The zero-order valence-corrected chi connectivity index (χ0v) is 40.5. The summed E-state index contributed by atoms with van der Waals surface area (Å²) < 4.78 is 0. The van der Waals surface area contributed by atoms with Crippen LogP contribution in [0.1, 0.15) is 73.6 Å². The third-order valence-electron chi connectivity index (χ3n) is 9.83. The largest absolute Gasteiger partial charge is 0.481 e. The van der Waals surface area contributed by atoms with Crippen LogP contribution in [0, 0.1) is 11.8 Å². The molecule has 0 bridgehead atoms. The highest BCUT2D eigenvalue weighted by Gasteiger charge is 2.35. The fourth-order valence-electron chi connectivity index (χ4n) is 5.67. The van der Waals surface area contributed by atoms with Crippen molar-refractivity contribution in [2.24, 2.45) is 17.6 Å². The van der Waals surface area contributed by atoms with E-state index in [0.717, 1.165) is 6.92 Å². The standard InChI is InChI=1S/C39H69N9O14S3/c1-9-19(4)29(40)37(59)43-23(11-13-65-8)33(55)48-30(21(6)50)38(60)47-27(17-63)36(58)42-22(10-12-64-7)32(54)46-26(16-49)35(57)41-20(5)31(53)44-24(15-28(51)52)34(56)45-25(39(61)62)14-18(2)3/h18-27,29-30,49-50,63H,9-17,40H2,1-8H3,(H,41,57)(H,42,58)(H,43,59)(H,44,53)(H,45,56)(H,46,54)(H,47,60)(H,48,55)(H,51,52)(H,61,62)/t19-,20-,21+,22-,23-,24-,25-,26-,27-,29-,30-/m0/s1. The third kappa shape index (κ3) is 22.6. The zero-order valence-electron chi connectivity index (χ0n) is 38.0. The number of aliphatic hydroxyl groups excluding tert-OH is 2. The maximum atomic E-state index is 13.5. The first kappa shape index (κ1) is 60.6. The summed E-state index contributed by atoms with van der Waals surface area (Å²) >= 11 is 6.87. The van der Waals surface area contributed by atoms with Crippen LogP contribution in [0.3, 0.4) is 0 Å². The Bertz CT molecular complexity index is 1630. The molecule has 0 aliphatic rings. The minimum atomic E-state index is -1.74. The lowest BCUT2D eigenvalue weighted by Gasteiger charge is -2.28. The van der Waals surface area contributed by atoms with Crippen LogP contribution >= 0.6 is 36.2 Å². The highest BCUT2D eigenvalue weighted by atomic mass is 32.2. The first-order valence-corrected chi connectivity index (χ1v) is 24.3. The van der Waals surface area contributed by atoms with Gasteiger partial charge in [0, 0.05) is 5.75 Å². The molecular weight excluding hydrogens is 915 g/mol. The van der Waals surface area contributed by atoms with E-state index >= 15 is 0 Å². The van der Waals surface area contributed by atoms with Crippen molar-refractivity contribution in [3.05, 3.63) is 0 Å². The lowest BCUT2D eigenvalue weighted by atomic mass is 9.99. The van der Waals surface area contributed by atoms with E-state index in [0.29, 0.717) is 17.9 Å². The predicted octanol–water partition coefficient (Wildman–Crippen LogP) is -3.33. The molecule has 0 radical (unpaired) electrons. The molecule has 0 aromatic carbocycles. The van der Waals surface area contributed by atoms with Gasteiger partial charge in [0.05, 0.1) is 25.2 Å². The maximum absolute atomic E-state index is 13.5. The van der Waals surface area contributed by atoms with Crippen molar-refractivity contribution in [2.75, 3.05) is 36.4 Å². The highest BCUT2D eigenvalue weighted by molar-refractivity contribution is 7.98. The lowest BCUT2D eigenvalue weighted by Crippen LogP contribution is -2.62. The van der Waals surface area contributed by atoms with Gasteiger partial charge in [-0.3, -0.25) is 43.2 Å². The summed E-state index contributed by atoms with van der Waals surface area (Å²) in [5.74, 6) is -10.3. The molecule has 65 heavy (non-hydrogen) atoms. The summed E-state index contributed by atoms with van der Waals surface area (Å²) in [6, 6.07) is -12.8. The fraction of sp³-hybridized carbons (Fsp3) is 0.744. The van der Waals surface area contributed by atoms with Crippen molar-refractivity contribution in [3.63, 3.8) is 0 Å². The SMILES string of the molecule is CC[C@H](C)[C@H](N)C(=O)N[C@@H](CCSC)C(=O)N[C@H](C(=O)N[C@@H](CS)C(=O)N[C@@H](CCSC)C(=O)N[C@@H](CO)C(=O)N[C@@H](C)C(=O)N[C@@H](CC(=O)O)C(=O)N[C@@H](CC(C)C)C(=O)O)[C@@H](C)O. The van der Waals surface area contributed by atoms with Gasteiger partial charge in [0.25, 0.3) is 0 Å². The number of aliphatic carboxylic acids is 2. The molecule has 372 valence electrons. The number of hydrogen-bond donors (Lipinski definition) is 14. The van der Waals surface area contributed by atoms with E-state index < -0.39 is 133 Å². The number of amides is 8. The van der Waals surface area contributed by atoms with Crippen molar-refractivity contribution >= 4 is 95.3 Å². The predicted molar refractivity (Wildman–Crippen MR) is 247 cm³/mol. The quantitative estimate of drug-likeness (QED) is 0.0293. The molecule has 0 saturated carbocycles. The highest BCUT2D eigenvalue weighted by Crippen LogP contribution is 2.10. The Hall–Kier alpha value is -4.37. The molecule has 0 unspecified atom stereocenters. The molecule has 0 aliphatic heterocycles. The summed E-state index contributed by atoms with van der Waals surface area (Å²) in [4.78, 5) is 129. The van der Waals surface area contributed by atoms with Gasteiger partial charge in [-0.15, -0.1) is 0 Å². The van der Waals surface area contributed by atoms with E-state index in [4.69, 9.17) is 5.73 Å². The summed E-state index contributed by atoms with van der Waals surface area (Å²) in [7, 11) is 0. The van der Waals surface area contributed by atoms with Gasteiger partial charge >= 0.3 is 11.9 Å². The number of carbonyl (C=O) groups is 10. The second-order valence-corrected chi connectivity index (χ2v) is 18.1. The number of nitrogens with two attached hydrogens (primary N) is 1. The van der Waals surface area contributed by atoms with Gasteiger partial charge in [0.15, 0.2) is 0 Å². The minimum Gasteiger partial charge on any atom is -0.481 e. The Morgan fingerprint density at radius 2 is 1.02 bits per heavy atom. The van der Waals surface area contributed by atoms with Crippen molar-refractivity contribution in [3.8, 4) is 0 Å². The molecule has 8 amide bonds. The van der Waals surface area contributed by atoms with Crippen molar-refractivity contribution in [1.29, 1.82) is 0 Å². The summed E-state index contributed by atoms with van der Waals surface area (Å²) in [5, 5.41) is 58.1. The molecule has 0 aliphatic carbocycles. The van der Waals surface area contributed by atoms with Gasteiger partial charge in [-0.2, -0.15) is 36.2 Å². The summed E-state index contributed by atoms with van der Waals surface area (Å²) in [6.07, 6.45) is 1.84. The average Bonchev–Trinajstić information content (AvgIpc) is 3.24. The normalized spacial score (nSPS) is 16.3. The number of thioether (sulfide) groups is 2. The third-order valence-corrected chi connectivity index (χ3v) is 11.5. The molecular formula is C39H69N9O14S3. The number of hydrogen-bond acceptors (Lipinski definition) is 16. The van der Waals surface area contributed by atoms with Gasteiger partial charge < -0.3 is 68.7 Å². The van der Waals surface area contributed by atoms with Crippen LogP contribution in [-0.2, 0) is 47.9 Å². The molecule has 0 aromatic heterocycles. The van der Waals surface area contributed by atoms with E-state index in [-0.39, 0.29) is 36.9 Å². The van der Waals surface area contributed by atoms with Crippen LogP contribution in [0.5, 0.6) is 0 Å². The Labute approximate surface area is 393 Å². The van der Waals surface area contributed by atoms with Gasteiger partial charge in [0.2, 0.25) is 47.3 Å². The van der Waals surface area contributed by atoms with Crippen molar-refractivity contribution in [2.45, 2.75) is 134 Å². The first-order valence-electron chi connectivity index (χ1n) is 20.9. The second kappa shape index (κ2) is 31.5. The van der Waals surface area contributed by atoms with Crippen molar-refractivity contribution < 1.29 is 68.4 Å². The van der Waals surface area contributed by atoms with E-state index in [1.165, 1.54) is 30.4 Å². The van der Waals surface area contributed by atoms with E-state index in [1.807, 2.05) is 6.92 Å². The molecule has 0 saturated heterocycles. The number of carbonyl (C=O) groups excluding carboxylic acids is 8. The van der Waals surface area contributed by atoms with Crippen LogP contribution < -0.4 is 48.3 Å². The minimum absolute atomic E-state index is 0.00760. The molecule has 0 spiro atoms. The topological polar surface area (TPSA) is 374 Å². The monoisotopic (exact) mass is 983 g/mol. The number of rotatable bonds is 32. The molecule has 23 nitrogen and oxygen atoms in total. The first-order chi connectivity index (χ1) is 30.4. The molecule has 14 N–H and O–H groups in total. The van der Waals surface area contributed by atoms with Crippen LogP contribution in [0.15, 0.2) is 0 Å². The Kier molecular flexibility index (Phi) is 29.4. The Balaban J connectivity index is 5.96. The Morgan fingerprint density at radius 3 is 1.46 bits per heavy atom. The molecule has 0 rings (SSSR count). The summed E-state index contributed by atoms with van der Waals surface area (Å²) in [6.45, 7) is 8.43. The number of aliphatic hydroxyl groups is 2. The molecule has 26 heteroatoms. The van der Waals surface area contributed by atoms with Crippen LogP contribution in [0.25, 0.3) is 0 Å². The zero-order chi connectivity index (χ0) is 50.1. The number of carboxylic acids is 2. The van der Waals surface area contributed by atoms with E-state index in [9.17, 15) is 68.4 Å². The van der Waals surface area contributed by atoms with Gasteiger partial charge in [-0.25, -0.2) is 4.79 Å². The van der Waals surface area contributed by atoms with E-state index in [2.05, 4.69) is 55.2 Å². The van der Waals surface area contributed by atoms with Gasteiger partial charge in [-0.05, 0) is 69.0 Å². The lowest BCUT2D eigenvalue weighted by molar-refractivity contribution is -0.144. The molecule has 11 atom stereocenters. The summed E-state index contributed by atoms with van der Waals surface area (Å²) in [5.41, 5.74) is 6.05. The average molecular weight is 984 g/mol. The van der Waals surface area contributed by atoms with E-state index in [1.54, 1.807) is 33.3 Å². The molecule has 0 fully saturated rings. The van der Waals surface area contributed by atoms with Crippen molar-refractivity contribution in [1.82, 2.24) is 42.5 Å². The number of nitrogens with one attached hydrogen (secondary N) is 8. The van der Waals surface area contributed by atoms with Crippen LogP contribution in [0.2, 0.25) is 0 Å². The number of carboxylic acid groups (broad SMARTS) is 2. The molecule has 0 aromatic rings. The second-order valence-electron chi connectivity index (χ2n) is 15.7. The van der Waals surface area contributed by atoms with Crippen LogP contribution in [-0.4, -0.2) is 176 Å². The maximum Gasteiger partial charge on any atom is 0.326 e. The van der Waals surface area contributed by atoms with Crippen LogP contribution in [0.4, 0.5) is 0 Å². The Morgan fingerprint density at radius 1 is 0.585 bits per heavy atom. The fourth-order valence-corrected chi connectivity index (χ4v) is 6.87. The smallest absolute Gasteiger partial charge is 0.326 e.